The zero-order valence-corrected chi connectivity index (χ0v) is 12.6. The van der Waals surface area contributed by atoms with E-state index < -0.39 is 11.0 Å². The maximum absolute atomic E-state index is 12.3. The fourth-order valence-electron chi connectivity index (χ4n) is 1.66. The van der Waals surface area contributed by atoms with Gasteiger partial charge >= 0.3 is 5.82 Å². The van der Waals surface area contributed by atoms with Crippen LogP contribution in [0.4, 0.5) is 5.82 Å². The van der Waals surface area contributed by atoms with Crippen LogP contribution >= 0.6 is 27.5 Å². The SMILES string of the molecule is CC(C(=O)c1ccc(Cl)cc1)n1cc(Br)c([N+](=O)[O-])n1. The summed E-state index contributed by atoms with van der Waals surface area (Å²) in [4.78, 5) is 22.4. The third-order valence-corrected chi connectivity index (χ3v) is 3.56. The van der Waals surface area contributed by atoms with E-state index in [1.807, 2.05) is 0 Å². The topological polar surface area (TPSA) is 78.0 Å². The minimum Gasteiger partial charge on any atom is -0.358 e. The van der Waals surface area contributed by atoms with Crippen LogP contribution in [0.3, 0.4) is 0 Å². The Morgan fingerprint density at radius 1 is 1.45 bits per heavy atom. The summed E-state index contributed by atoms with van der Waals surface area (Å²) in [6.07, 6.45) is 1.41. The van der Waals surface area contributed by atoms with Crippen molar-refractivity contribution in [3.05, 3.63) is 55.6 Å². The minimum atomic E-state index is -0.652. The molecule has 0 saturated heterocycles. The molecule has 20 heavy (non-hydrogen) atoms. The first-order valence-corrected chi connectivity index (χ1v) is 6.76. The van der Waals surface area contributed by atoms with E-state index in [4.69, 9.17) is 11.6 Å². The van der Waals surface area contributed by atoms with Gasteiger partial charge in [-0.25, -0.2) is 0 Å². The molecule has 0 saturated carbocycles. The highest BCUT2D eigenvalue weighted by Crippen LogP contribution is 2.25. The number of nitro groups is 1. The summed E-state index contributed by atoms with van der Waals surface area (Å²) in [5.41, 5.74) is 0.469. The lowest BCUT2D eigenvalue weighted by atomic mass is 10.1. The Morgan fingerprint density at radius 3 is 2.55 bits per heavy atom. The lowest BCUT2D eigenvalue weighted by Crippen LogP contribution is -2.17. The van der Waals surface area contributed by atoms with Crippen molar-refractivity contribution in [3.63, 3.8) is 0 Å². The smallest absolute Gasteiger partial charge is 0.358 e. The van der Waals surface area contributed by atoms with Gasteiger partial charge in [0.1, 0.15) is 10.5 Å². The maximum Gasteiger partial charge on any atom is 0.404 e. The summed E-state index contributed by atoms with van der Waals surface area (Å²) < 4.78 is 1.50. The van der Waals surface area contributed by atoms with Crippen molar-refractivity contribution in [1.82, 2.24) is 9.78 Å². The fourth-order valence-corrected chi connectivity index (χ4v) is 2.22. The molecule has 0 aliphatic rings. The summed E-state index contributed by atoms with van der Waals surface area (Å²) in [5.74, 6) is -0.521. The number of hydrogen-bond acceptors (Lipinski definition) is 4. The number of benzene rings is 1. The van der Waals surface area contributed by atoms with Crippen LogP contribution in [0.2, 0.25) is 5.02 Å². The number of rotatable bonds is 4. The summed E-state index contributed by atoms with van der Waals surface area (Å²) in [7, 11) is 0. The minimum absolute atomic E-state index is 0.202. The first-order valence-electron chi connectivity index (χ1n) is 5.59. The van der Waals surface area contributed by atoms with Crippen molar-refractivity contribution < 1.29 is 9.72 Å². The quantitative estimate of drug-likeness (QED) is 0.475. The number of halogens is 2. The molecule has 1 atom stereocenters. The van der Waals surface area contributed by atoms with Gasteiger partial charge in [-0.2, -0.15) is 4.68 Å². The molecule has 0 radical (unpaired) electrons. The van der Waals surface area contributed by atoms with Crippen LogP contribution in [0.5, 0.6) is 0 Å². The highest BCUT2D eigenvalue weighted by molar-refractivity contribution is 9.10. The van der Waals surface area contributed by atoms with Crippen molar-refractivity contribution >= 4 is 39.1 Å². The molecule has 2 rings (SSSR count). The number of Topliss-reactive ketones (excluding diaryl/α,β-unsaturated/α-hetero) is 1. The molecule has 2 aromatic rings. The van der Waals surface area contributed by atoms with Gasteiger partial charge in [-0.05, 0) is 52.0 Å². The molecule has 1 aromatic carbocycles. The normalized spacial score (nSPS) is 12.2. The Morgan fingerprint density at radius 2 is 2.05 bits per heavy atom. The molecule has 6 nitrogen and oxygen atoms in total. The Labute approximate surface area is 127 Å². The van der Waals surface area contributed by atoms with E-state index in [0.29, 0.717) is 10.6 Å². The zero-order chi connectivity index (χ0) is 14.9. The Balaban J connectivity index is 2.29. The average molecular weight is 359 g/mol. The fraction of sp³-hybridized carbons (Fsp3) is 0.167. The molecule has 0 N–H and O–H groups in total. The largest absolute Gasteiger partial charge is 0.404 e. The summed E-state index contributed by atoms with van der Waals surface area (Å²) in [5, 5.41) is 15.1. The second-order valence-electron chi connectivity index (χ2n) is 4.08. The van der Waals surface area contributed by atoms with Crippen molar-refractivity contribution in [2.24, 2.45) is 0 Å². The van der Waals surface area contributed by atoms with Crippen LogP contribution in [-0.2, 0) is 0 Å². The standard InChI is InChI=1S/C12H9BrClN3O3/c1-7(11(18)8-2-4-9(14)5-3-8)16-6-10(13)12(15-16)17(19)20/h2-7H,1H3. The number of carbonyl (C=O) groups excluding carboxylic acids is 1. The van der Waals surface area contributed by atoms with E-state index in [9.17, 15) is 14.9 Å². The molecule has 1 aromatic heterocycles. The first kappa shape index (κ1) is 14.7. The van der Waals surface area contributed by atoms with E-state index in [0.717, 1.165) is 0 Å². The zero-order valence-electron chi connectivity index (χ0n) is 10.3. The molecule has 0 bridgehead atoms. The average Bonchev–Trinajstić information content (AvgIpc) is 2.80. The molecule has 0 spiro atoms. The van der Waals surface area contributed by atoms with Crippen molar-refractivity contribution in [3.8, 4) is 0 Å². The Hall–Kier alpha value is -1.73. The third-order valence-electron chi connectivity index (χ3n) is 2.75. The van der Waals surface area contributed by atoms with Gasteiger partial charge < -0.3 is 10.1 Å². The van der Waals surface area contributed by atoms with Crippen molar-refractivity contribution in [2.45, 2.75) is 13.0 Å². The van der Waals surface area contributed by atoms with Gasteiger partial charge in [0.15, 0.2) is 5.78 Å². The molecule has 104 valence electrons. The lowest BCUT2D eigenvalue weighted by Gasteiger charge is -2.07. The molecule has 8 heteroatoms. The second-order valence-corrected chi connectivity index (χ2v) is 5.38. The van der Waals surface area contributed by atoms with E-state index in [1.165, 1.54) is 10.9 Å². The van der Waals surface area contributed by atoms with E-state index in [1.54, 1.807) is 31.2 Å². The summed E-state index contributed by atoms with van der Waals surface area (Å²) in [6, 6.07) is 5.79. The number of ketones is 1. The van der Waals surface area contributed by atoms with Gasteiger partial charge in [-0.15, -0.1) is 0 Å². The van der Waals surface area contributed by atoms with E-state index in [-0.39, 0.29) is 16.1 Å². The van der Waals surface area contributed by atoms with Crippen LogP contribution in [0.15, 0.2) is 34.9 Å². The number of hydrogen-bond donors (Lipinski definition) is 0. The van der Waals surface area contributed by atoms with Crippen LogP contribution in [-0.4, -0.2) is 20.5 Å². The maximum atomic E-state index is 12.3. The van der Waals surface area contributed by atoms with E-state index in [2.05, 4.69) is 21.0 Å². The Bertz CT molecular complexity index is 669. The summed E-state index contributed by atoms with van der Waals surface area (Å²) >= 11 is 8.81. The van der Waals surface area contributed by atoms with Gasteiger partial charge in [0.2, 0.25) is 0 Å². The van der Waals surface area contributed by atoms with Crippen molar-refractivity contribution in [1.29, 1.82) is 0 Å². The predicted molar refractivity (Wildman–Crippen MR) is 77.1 cm³/mol. The van der Waals surface area contributed by atoms with Gasteiger partial charge in [-0.3, -0.25) is 4.79 Å². The molecule has 0 fully saturated rings. The van der Waals surface area contributed by atoms with Gasteiger partial charge in [0.05, 0.1) is 11.3 Å². The second kappa shape index (κ2) is 5.72. The highest BCUT2D eigenvalue weighted by atomic mass is 79.9. The molecule has 1 heterocycles. The molecule has 0 aliphatic carbocycles. The van der Waals surface area contributed by atoms with Crippen LogP contribution < -0.4 is 0 Å². The van der Waals surface area contributed by atoms with Gasteiger partial charge in [0, 0.05) is 10.6 Å². The Kier molecular flexibility index (Phi) is 4.20. The summed E-state index contributed by atoms with van der Waals surface area (Å²) in [6.45, 7) is 1.63. The molecule has 0 aliphatic heterocycles. The van der Waals surface area contributed by atoms with Crippen LogP contribution in [0.25, 0.3) is 0 Å². The molecular weight excluding hydrogens is 350 g/mol. The third kappa shape index (κ3) is 2.88. The van der Waals surface area contributed by atoms with Gasteiger partial charge in [-0.1, -0.05) is 11.6 Å². The monoisotopic (exact) mass is 357 g/mol. The lowest BCUT2D eigenvalue weighted by molar-refractivity contribution is -0.390. The van der Waals surface area contributed by atoms with Crippen LogP contribution in [0, 0.1) is 10.1 Å². The molecule has 0 amide bonds. The first-order chi connectivity index (χ1) is 9.40. The van der Waals surface area contributed by atoms with Gasteiger partial charge in [0.25, 0.3) is 0 Å². The molecule has 1 unspecified atom stereocenters. The van der Waals surface area contributed by atoms with E-state index >= 15 is 0 Å². The van der Waals surface area contributed by atoms with Crippen molar-refractivity contribution in [2.75, 3.05) is 0 Å². The highest BCUT2D eigenvalue weighted by Gasteiger charge is 2.25. The van der Waals surface area contributed by atoms with Crippen LogP contribution in [0.1, 0.15) is 23.3 Å². The predicted octanol–water partition coefficient (Wildman–Crippen LogP) is 3.65. The number of nitrogens with zero attached hydrogens (tertiary/aromatic N) is 3. The number of carbonyl (C=O) groups is 1. The number of aromatic nitrogens is 2. The molecular formula is C12H9BrClN3O3.